The van der Waals surface area contributed by atoms with Gasteiger partial charge in [0.1, 0.15) is 5.58 Å². The summed E-state index contributed by atoms with van der Waals surface area (Å²) >= 11 is 0. The minimum absolute atomic E-state index is 0.312. The van der Waals surface area contributed by atoms with Crippen LogP contribution in [0.3, 0.4) is 0 Å². The summed E-state index contributed by atoms with van der Waals surface area (Å²) in [5.41, 5.74) is 8.38. The van der Waals surface area contributed by atoms with Gasteiger partial charge in [-0.05, 0) is 37.7 Å². The van der Waals surface area contributed by atoms with E-state index in [0.29, 0.717) is 12.6 Å². The van der Waals surface area contributed by atoms with E-state index in [-0.39, 0.29) is 0 Å². The molecule has 20 heavy (non-hydrogen) atoms. The molecule has 2 saturated carbocycles. The minimum Gasteiger partial charge on any atom is -0.464 e. The third-order valence-corrected chi connectivity index (χ3v) is 4.68. The number of para-hydroxylation sites is 1. The van der Waals surface area contributed by atoms with Gasteiger partial charge in [0.25, 0.3) is 0 Å². The van der Waals surface area contributed by atoms with E-state index >= 15 is 0 Å². The van der Waals surface area contributed by atoms with E-state index in [1.165, 1.54) is 43.2 Å². The summed E-state index contributed by atoms with van der Waals surface area (Å²) in [6, 6.07) is 9.35. The van der Waals surface area contributed by atoms with E-state index < -0.39 is 0 Å². The molecule has 0 saturated heterocycles. The second-order valence-electron chi connectivity index (χ2n) is 6.31. The van der Waals surface area contributed by atoms with Gasteiger partial charge in [-0.25, -0.2) is 0 Å². The van der Waals surface area contributed by atoms with Gasteiger partial charge in [0, 0.05) is 30.1 Å². The van der Waals surface area contributed by atoms with Crippen LogP contribution in [0.5, 0.6) is 0 Å². The van der Waals surface area contributed by atoms with Crippen molar-refractivity contribution in [3.8, 4) is 0 Å². The minimum atomic E-state index is 0.312. The van der Waals surface area contributed by atoms with Crippen molar-refractivity contribution < 1.29 is 4.42 Å². The average molecular weight is 270 g/mol. The van der Waals surface area contributed by atoms with Gasteiger partial charge in [-0.15, -0.1) is 0 Å². The fraction of sp³-hybridized carbons (Fsp3) is 0.529. The summed E-state index contributed by atoms with van der Waals surface area (Å²) in [6.45, 7) is 1.89. The van der Waals surface area contributed by atoms with Crippen molar-refractivity contribution in [2.24, 2.45) is 11.7 Å². The lowest BCUT2D eigenvalue weighted by Crippen LogP contribution is -2.36. The van der Waals surface area contributed by atoms with Crippen molar-refractivity contribution in [3.63, 3.8) is 0 Å². The monoisotopic (exact) mass is 270 g/mol. The summed E-state index contributed by atoms with van der Waals surface area (Å²) in [5, 5.41) is 1.23. The highest BCUT2D eigenvalue weighted by molar-refractivity contribution is 5.81. The molecule has 3 nitrogen and oxygen atoms in total. The number of hydrogen-bond acceptors (Lipinski definition) is 3. The van der Waals surface area contributed by atoms with E-state index in [2.05, 4.69) is 17.0 Å². The van der Waals surface area contributed by atoms with E-state index in [0.717, 1.165) is 17.5 Å². The molecule has 2 aliphatic rings. The highest BCUT2D eigenvalue weighted by Crippen LogP contribution is 2.40. The van der Waals surface area contributed by atoms with E-state index in [4.69, 9.17) is 10.2 Å². The van der Waals surface area contributed by atoms with Crippen molar-refractivity contribution in [1.82, 2.24) is 4.90 Å². The molecule has 0 spiro atoms. The maximum absolute atomic E-state index is 6.13. The standard InChI is InChI=1S/C17H22N2O/c18-9-16(19(13-7-8-13)10-12-5-6-12)15-11-20-17-4-2-1-3-14(15)17/h1-4,11-13,16H,5-10,18H2. The number of benzene rings is 1. The molecule has 1 unspecified atom stereocenters. The zero-order valence-electron chi connectivity index (χ0n) is 11.8. The zero-order chi connectivity index (χ0) is 13.5. The summed E-state index contributed by atoms with van der Waals surface area (Å²) < 4.78 is 5.72. The molecule has 2 fully saturated rings. The SMILES string of the molecule is NCC(c1coc2ccccc12)N(CC1CC1)C1CC1. The summed E-state index contributed by atoms with van der Waals surface area (Å²) in [7, 11) is 0. The molecule has 1 atom stereocenters. The third kappa shape index (κ3) is 2.25. The Bertz CT molecular complexity index is 598. The van der Waals surface area contributed by atoms with Crippen LogP contribution in [0.25, 0.3) is 11.0 Å². The molecule has 0 radical (unpaired) electrons. The van der Waals surface area contributed by atoms with Crippen LogP contribution in [0.2, 0.25) is 0 Å². The maximum atomic E-state index is 6.13. The predicted molar refractivity (Wildman–Crippen MR) is 80.5 cm³/mol. The molecule has 1 aromatic heterocycles. The average Bonchev–Trinajstić information content (AvgIpc) is 3.38. The smallest absolute Gasteiger partial charge is 0.134 e. The largest absolute Gasteiger partial charge is 0.464 e. The number of furan rings is 1. The summed E-state index contributed by atoms with van der Waals surface area (Å²) in [5.74, 6) is 0.905. The van der Waals surface area contributed by atoms with Gasteiger partial charge in [-0.2, -0.15) is 0 Å². The molecule has 2 N–H and O–H groups in total. The van der Waals surface area contributed by atoms with Crippen LogP contribution in [-0.2, 0) is 0 Å². The first kappa shape index (κ1) is 12.4. The van der Waals surface area contributed by atoms with Gasteiger partial charge in [-0.1, -0.05) is 18.2 Å². The number of rotatable bonds is 6. The second kappa shape index (κ2) is 4.90. The van der Waals surface area contributed by atoms with Crippen LogP contribution in [0.15, 0.2) is 34.9 Å². The summed E-state index contributed by atoms with van der Waals surface area (Å²) in [6.07, 6.45) is 7.38. The first-order valence-corrected chi connectivity index (χ1v) is 7.78. The van der Waals surface area contributed by atoms with Gasteiger partial charge >= 0.3 is 0 Å². The molecule has 2 aromatic rings. The van der Waals surface area contributed by atoms with Crippen molar-refractivity contribution in [1.29, 1.82) is 0 Å². The molecule has 3 heteroatoms. The molecule has 1 heterocycles. The molecule has 4 rings (SSSR count). The van der Waals surface area contributed by atoms with E-state index in [1.807, 2.05) is 18.4 Å². The molecular weight excluding hydrogens is 248 g/mol. The highest BCUT2D eigenvalue weighted by atomic mass is 16.3. The number of nitrogens with two attached hydrogens (primary N) is 1. The lowest BCUT2D eigenvalue weighted by Gasteiger charge is -2.30. The molecule has 0 bridgehead atoms. The van der Waals surface area contributed by atoms with Gasteiger partial charge in [-0.3, -0.25) is 4.90 Å². The van der Waals surface area contributed by atoms with Gasteiger partial charge in [0.05, 0.1) is 12.3 Å². The second-order valence-corrected chi connectivity index (χ2v) is 6.31. The van der Waals surface area contributed by atoms with Crippen LogP contribution in [0.4, 0.5) is 0 Å². The van der Waals surface area contributed by atoms with Gasteiger partial charge in [0.15, 0.2) is 0 Å². The van der Waals surface area contributed by atoms with Gasteiger partial charge in [0.2, 0.25) is 0 Å². The van der Waals surface area contributed by atoms with Crippen LogP contribution >= 0.6 is 0 Å². The molecule has 0 amide bonds. The van der Waals surface area contributed by atoms with Gasteiger partial charge < -0.3 is 10.2 Å². The number of fused-ring (bicyclic) bond motifs is 1. The first-order valence-electron chi connectivity index (χ1n) is 7.78. The summed E-state index contributed by atoms with van der Waals surface area (Å²) in [4.78, 5) is 2.65. The van der Waals surface area contributed by atoms with Crippen molar-refractivity contribution >= 4 is 11.0 Å². The maximum Gasteiger partial charge on any atom is 0.134 e. The van der Waals surface area contributed by atoms with Crippen molar-refractivity contribution in [2.75, 3.05) is 13.1 Å². The van der Waals surface area contributed by atoms with Crippen LogP contribution in [0, 0.1) is 5.92 Å². The number of nitrogens with zero attached hydrogens (tertiary/aromatic N) is 1. The fourth-order valence-electron chi connectivity index (χ4n) is 3.23. The Hall–Kier alpha value is -1.32. The lowest BCUT2D eigenvalue weighted by molar-refractivity contribution is 0.183. The normalized spacial score (nSPS) is 20.7. The molecule has 1 aromatic carbocycles. The molecule has 0 aliphatic heterocycles. The number of hydrogen-bond donors (Lipinski definition) is 1. The Kier molecular flexibility index (Phi) is 3.04. The predicted octanol–water partition coefficient (Wildman–Crippen LogP) is 3.31. The Morgan fingerprint density at radius 3 is 2.70 bits per heavy atom. The van der Waals surface area contributed by atoms with Crippen molar-refractivity contribution in [2.45, 2.75) is 37.8 Å². The van der Waals surface area contributed by atoms with Crippen LogP contribution in [0.1, 0.15) is 37.3 Å². The van der Waals surface area contributed by atoms with Crippen molar-refractivity contribution in [3.05, 3.63) is 36.1 Å². The van der Waals surface area contributed by atoms with Crippen LogP contribution < -0.4 is 5.73 Å². The quantitative estimate of drug-likeness (QED) is 0.875. The lowest BCUT2D eigenvalue weighted by atomic mass is 10.0. The Balaban J connectivity index is 1.68. The van der Waals surface area contributed by atoms with Crippen LogP contribution in [-0.4, -0.2) is 24.0 Å². The topological polar surface area (TPSA) is 42.4 Å². The Labute approximate surface area is 119 Å². The zero-order valence-corrected chi connectivity index (χ0v) is 11.8. The molecule has 2 aliphatic carbocycles. The Morgan fingerprint density at radius 1 is 1.20 bits per heavy atom. The van der Waals surface area contributed by atoms with E-state index in [1.54, 1.807) is 0 Å². The molecular formula is C17H22N2O. The molecule has 106 valence electrons. The third-order valence-electron chi connectivity index (χ3n) is 4.68. The van der Waals surface area contributed by atoms with E-state index in [9.17, 15) is 0 Å². The first-order chi connectivity index (χ1) is 9.86. The highest BCUT2D eigenvalue weighted by Gasteiger charge is 2.38. The fourth-order valence-corrected chi connectivity index (χ4v) is 3.23. The Morgan fingerprint density at radius 2 is 2.00 bits per heavy atom.